The van der Waals surface area contributed by atoms with Crippen LogP contribution in [0, 0.1) is 0 Å². The first kappa shape index (κ1) is 17.7. The van der Waals surface area contributed by atoms with Crippen LogP contribution in [0.5, 0.6) is 5.75 Å². The summed E-state index contributed by atoms with van der Waals surface area (Å²) in [5.41, 5.74) is 2.81. The number of hydrogen-bond donors (Lipinski definition) is 3. The van der Waals surface area contributed by atoms with E-state index < -0.39 is 0 Å². The van der Waals surface area contributed by atoms with Gasteiger partial charge >= 0.3 is 0 Å². The molecule has 0 saturated carbocycles. The molecular weight excluding hydrogens is 342 g/mol. The fraction of sp³-hybridized carbons (Fsp3) is 0.333. The molecule has 2 atom stereocenters. The van der Waals surface area contributed by atoms with Gasteiger partial charge in [-0.05, 0) is 55.1 Å². The highest BCUT2D eigenvalue weighted by molar-refractivity contribution is 5.89. The van der Waals surface area contributed by atoms with Crippen LogP contribution >= 0.6 is 0 Å². The van der Waals surface area contributed by atoms with E-state index in [1.807, 2.05) is 25.1 Å². The van der Waals surface area contributed by atoms with Crippen molar-refractivity contribution in [3.05, 3.63) is 58.6 Å². The third-order valence-corrected chi connectivity index (χ3v) is 5.11. The lowest BCUT2D eigenvalue weighted by Gasteiger charge is -2.26. The number of nitrogens with one attached hydrogen (secondary N) is 2. The highest BCUT2D eigenvalue weighted by atomic mass is 16.5. The van der Waals surface area contributed by atoms with E-state index in [9.17, 15) is 9.90 Å². The third-order valence-electron chi connectivity index (χ3n) is 5.11. The quantitative estimate of drug-likeness (QED) is 0.647. The van der Waals surface area contributed by atoms with E-state index in [2.05, 4.69) is 21.4 Å². The second-order valence-electron chi connectivity index (χ2n) is 6.79. The highest BCUT2D eigenvalue weighted by Crippen LogP contribution is 2.36. The van der Waals surface area contributed by atoms with Gasteiger partial charge in [-0.3, -0.25) is 4.79 Å². The summed E-state index contributed by atoms with van der Waals surface area (Å²) in [5.74, 6) is -0.00430. The molecule has 6 heteroatoms. The summed E-state index contributed by atoms with van der Waals surface area (Å²) in [6, 6.07) is 11.7. The first-order valence-corrected chi connectivity index (χ1v) is 9.33. The van der Waals surface area contributed by atoms with E-state index in [-0.39, 0.29) is 23.5 Å². The molecule has 0 radical (unpaired) electrons. The van der Waals surface area contributed by atoms with Crippen LogP contribution in [0.1, 0.15) is 31.4 Å². The molecule has 27 heavy (non-hydrogen) atoms. The molecule has 2 aromatic carbocycles. The standard InChI is InChI=1S/C21H23N3O3/c1-2-27-20(17-8-5-9-22-17)15-7-4-3-6-14(15)13-10-16-19(18(25)11-13)23-12-24-21(16)26/h3-4,6-7,10-12,17,20,22,25H,2,5,8-9H2,1H3,(H,23,24,26). The predicted molar refractivity (Wildman–Crippen MR) is 105 cm³/mol. The number of hydrogen-bond acceptors (Lipinski definition) is 5. The van der Waals surface area contributed by atoms with Crippen LogP contribution < -0.4 is 10.9 Å². The molecule has 3 aromatic rings. The lowest BCUT2D eigenvalue weighted by atomic mass is 9.91. The maximum Gasteiger partial charge on any atom is 0.258 e. The Labute approximate surface area is 157 Å². The average molecular weight is 365 g/mol. The molecule has 1 aliphatic rings. The van der Waals surface area contributed by atoms with Crippen molar-refractivity contribution in [3.63, 3.8) is 0 Å². The summed E-state index contributed by atoms with van der Waals surface area (Å²) in [4.78, 5) is 18.9. The van der Waals surface area contributed by atoms with Gasteiger partial charge in [0.2, 0.25) is 0 Å². The molecule has 1 aromatic heterocycles. The number of phenols is 1. The van der Waals surface area contributed by atoms with Gasteiger partial charge < -0.3 is 20.1 Å². The van der Waals surface area contributed by atoms with E-state index in [0.29, 0.717) is 17.5 Å². The van der Waals surface area contributed by atoms with Crippen molar-refractivity contribution in [1.29, 1.82) is 0 Å². The Balaban J connectivity index is 1.86. The molecule has 1 saturated heterocycles. The maximum atomic E-state index is 12.2. The third kappa shape index (κ3) is 3.34. The first-order valence-electron chi connectivity index (χ1n) is 9.33. The van der Waals surface area contributed by atoms with Gasteiger partial charge in [-0.15, -0.1) is 0 Å². The number of aromatic amines is 1. The molecule has 3 N–H and O–H groups in total. The van der Waals surface area contributed by atoms with Crippen LogP contribution in [0.25, 0.3) is 22.0 Å². The smallest absolute Gasteiger partial charge is 0.258 e. The number of aromatic nitrogens is 2. The lowest BCUT2D eigenvalue weighted by Crippen LogP contribution is -2.31. The number of ether oxygens (including phenoxy) is 1. The van der Waals surface area contributed by atoms with E-state index >= 15 is 0 Å². The van der Waals surface area contributed by atoms with Gasteiger partial charge in [0.1, 0.15) is 11.3 Å². The van der Waals surface area contributed by atoms with Crippen LogP contribution in [0.3, 0.4) is 0 Å². The number of rotatable bonds is 5. The predicted octanol–water partition coefficient (Wildman–Crippen LogP) is 3.13. The zero-order valence-corrected chi connectivity index (χ0v) is 15.2. The van der Waals surface area contributed by atoms with Crippen LogP contribution in [-0.4, -0.2) is 34.3 Å². The normalized spacial score (nSPS) is 18.0. The fourth-order valence-corrected chi connectivity index (χ4v) is 3.90. The van der Waals surface area contributed by atoms with Gasteiger partial charge in [0, 0.05) is 12.6 Å². The van der Waals surface area contributed by atoms with E-state index in [1.165, 1.54) is 6.33 Å². The molecule has 1 aliphatic heterocycles. The Morgan fingerprint density at radius 2 is 2.19 bits per heavy atom. The SMILES string of the molecule is CCOC(c1ccccc1-c1cc(O)c2nc[nH]c(=O)c2c1)C1CCCN1. The van der Waals surface area contributed by atoms with Crippen molar-refractivity contribution in [3.8, 4) is 16.9 Å². The number of benzene rings is 2. The van der Waals surface area contributed by atoms with Crippen LogP contribution in [-0.2, 0) is 4.74 Å². The van der Waals surface area contributed by atoms with Crippen molar-refractivity contribution in [2.45, 2.75) is 31.9 Å². The van der Waals surface area contributed by atoms with Gasteiger partial charge in [0.25, 0.3) is 5.56 Å². The van der Waals surface area contributed by atoms with Crippen molar-refractivity contribution < 1.29 is 9.84 Å². The molecular formula is C21H23N3O3. The lowest BCUT2D eigenvalue weighted by molar-refractivity contribution is 0.0386. The van der Waals surface area contributed by atoms with Gasteiger partial charge in [-0.25, -0.2) is 4.98 Å². The molecule has 4 rings (SSSR count). The van der Waals surface area contributed by atoms with Crippen LogP contribution in [0.4, 0.5) is 0 Å². The Bertz CT molecular complexity index is 1010. The first-order chi connectivity index (χ1) is 13.2. The molecule has 140 valence electrons. The van der Waals surface area contributed by atoms with Gasteiger partial charge in [-0.2, -0.15) is 0 Å². The molecule has 0 bridgehead atoms. The molecule has 6 nitrogen and oxygen atoms in total. The van der Waals surface area contributed by atoms with Gasteiger partial charge in [0.15, 0.2) is 0 Å². The summed E-state index contributed by atoms with van der Waals surface area (Å²) < 4.78 is 6.11. The second-order valence-corrected chi connectivity index (χ2v) is 6.79. The monoisotopic (exact) mass is 365 g/mol. The minimum Gasteiger partial charge on any atom is -0.506 e. The average Bonchev–Trinajstić information content (AvgIpc) is 3.21. The van der Waals surface area contributed by atoms with Crippen molar-refractivity contribution in [2.24, 2.45) is 0 Å². The zero-order chi connectivity index (χ0) is 18.8. The summed E-state index contributed by atoms with van der Waals surface area (Å²) in [7, 11) is 0. The number of H-pyrrole nitrogens is 1. The van der Waals surface area contributed by atoms with Gasteiger partial charge in [-0.1, -0.05) is 24.3 Å². The number of aromatic hydroxyl groups is 1. The van der Waals surface area contributed by atoms with Crippen LogP contribution in [0.2, 0.25) is 0 Å². The van der Waals surface area contributed by atoms with E-state index in [0.717, 1.165) is 36.1 Å². The fourth-order valence-electron chi connectivity index (χ4n) is 3.90. The molecule has 1 fully saturated rings. The second kappa shape index (κ2) is 7.50. The number of phenolic OH excluding ortho intramolecular Hbond substituents is 1. The minimum atomic E-state index is -0.270. The summed E-state index contributed by atoms with van der Waals surface area (Å²) in [6.07, 6.45) is 3.41. The number of fused-ring (bicyclic) bond motifs is 1. The summed E-state index contributed by atoms with van der Waals surface area (Å²) in [6.45, 7) is 3.61. The maximum absolute atomic E-state index is 12.2. The molecule has 2 heterocycles. The molecule has 0 spiro atoms. The minimum absolute atomic E-state index is 0.00430. The molecule has 0 amide bonds. The van der Waals surface area contributed by atoms with Crippen LogP contribution in [0.15, 0.2) is 47.5 Å². The van der Waals surface area contributed by atoms with Crippen molar-refractivity contribution in [2.75, 3.05) is 13.2 Å². The molecule has 2 unspecified atom stereocenters. The zero-order valence-electron chi connectivity index (χ0n) is 15.2. The Kier molecular flexibility index (Phi) is 4.92. The molecule has 0 aliphatic carbocycles. The summed E-state index contributed by atoms with van der Waals surface area (Å²) in [5, 5.41) is 14.3. The highest BCUT2D eigenvalue weighted by Gasteiger charge is 2.28. The topological polar surface area (TPSA) is 87.2 Å². The Morgan fingerprint density at radius 3 is 2.96 bits per heavy atom. The Hall–Kier alpha value is -2.70. The van der Waals surface area contributed by atoms with E-state index in [4.69, 9.17) is 4.74 Å². The number of nitrogens with zero attached hydrogens (tertiary/aromatic N) is 1. The van der Waals surface area contributed by atoms with E-state index in [1.54, 1.807) is 12.1 Å². The van der Waals surface area contributed by atoms with Gasteiger partial charge in [0.05, 0.1) is 17.8 Å². The Morgan fingerprint density at radius 1 is 1.33 bits per heavy atom. The van der Waals surface area contributed by atoms with Crippen molar-refractivity contribution >= 4 is 10.9 Å². The van der Waals surface area contributed by atoms with Crippen molar-refractivity contribution in [1.82, 2.24) is 15.3 Å². The largest absolute Gasteiger partial charge is 0.506 e. The summed E-state index contributed by atoms with van der Waals surface area (Å²) >= 11 is 0.